The Bertz CT molecular complexity index is 999. The first-order valence-electron chi connectivity index (χ1n) is 7.20. The molecule has 0 heterocycles. The Kier molecular flexibility index (Phi) is 6.23. The Labute approximate surface area is 163 Å². The number of rotatable bonds is 5. The Morgan fingerprint density at radius 2 is 2.07 bits per heavy atom. The molecular weight excluding hydrogens is 397 g/mol. The molecule has 0 atom stereocenters. The number of anilines is 1. The zero-order valence-corrected chi connectivity index (χ0v) is 15.2. The maximum atomic E-state index is 12.3. The monoisotopic (exact) mass is 407 g/mol. The molecule has 0 aliphatic carbocycles. The number of nitro benzene ring substituents is 1. The van der Waals surface area contributed by atoms with Gasteiger partial charge in [0.05, 0.1) is 22.7 Å². The standard InChI is InChI=1S/C17H11Cl2N3O5/c1-27-15-6-9(5-14(16(15)23)22(25)26)4-10(8-20)17(24)21-13-7-11(18)2-3-12(13)19/h2-7,23H,1H3,(H,21,24)/b10-4+. The van der Waals surface area contributed by atoms with Gasteiger partial charge in [-0.05, 0) is 35.9 Å². The number of nitro groups is 1. The summed E-state index contributed by atoms with van der Waals surface area (Å²) in [6, 6.07) is 8.38. The van der Waals surface area contributed by atoms with Crippen LogP contribution in [0.3, 0.4) is 0 Å². The summed E-state index contributed by atoms with van der Waals surface area (Å²) in [5.74, 6) is -1.63. The summed E-state index contributed by atoms with van der Waals surface area (Å²) in [6.45, 7) is 0. The van der Waals surface area contributed by atoms with Crippen molar-refractivity contribution in [3.8, 4) is 17.6 Å². The SMILES string of the molecule is COc1cc(/C=C(\C#N)C(=O)Nc2cc(Cl)ccc2Cl)cc([N+](=O)[O-])c1O. The van der Waals surface area contributed by atoms with Gasteiger partial charge in [0.1, 0.15) is 11.6 Å². The molecule has 0 unspecified atom stereocenters. The average molecular weight is 408 g/mol. The number of carbonyl (C=O) groups is 1. The zero-order valence-electron chi connectivity index (χ0n) is 13.7. The van der Waals surface area contributed by atoms with Crippen molar-refractivity contribution in [2.24, 2.45) is 0 Å². The van der Waals surface area contributed by atoms with Crippen molar-refractivity contribution in [2.75, 3.05) is 12.4 Å². The number of hydrogen-bond acceptors (Lipinski definition) is 6. The topological polar surface area (TPSA) is 125 Å². The molecule has 0 aromatic heterocycles. The highest BCUT2D eigenvalue weighted by Crippen LogP contribution is 2.37. The molecule has 10 heteroatoms. The molecule has 0 fully saturated rings. The van der Waals surface area contributed by atoms with Crippen LogP contribution >= 0.6 is 23.2 Å². The molecule has 0 bridgehead atoms. The van der Waals surface area contributed by atoms with Crippen molar-refractivity contribution >= 4 is 46.6 Å². The summed E-state index contributed by atoms with van der Waals surface area (Å²) in [4.78, 5) is 22.6. The normalized spacial score (nSPS) is 10.8. The summed E-state index contributed by atoms with van der Waals surface area (Å²) in [7, 11) is 1.21. The molecule has 0 saturated heterocycles. The van der Waals surface area contributed by atoms with Crippen LogP contribution in [0, 0.1) is 21.4 Å². The molecular formula is C17H11Cl2N3O5. The lowest BCUT2D eigenvalue weighted by Crippen LogP contribution is -2.13. The highest BCUT2D eigenvalue weighted by atomic mass is 35.5. The predicted molar refractivity (Wildman–Crippen MR) is 100.0 cm³/mol. The van der Waals surface area contributed by atoms with Crippen LogP contribution in [0.15, 0.2) is 35.9 Å². The lowest BCUT2D eigenvalue weighted by molar-refractivity contribution is -0.386. The van der Waals surface area contributed by atoms with Crippen LogP contribution in [-0.2, 0) is 4.79 Å². The molecule has 138 valence electrons. The van der Waals surface area contributed by atoms with Crippen LogP contribution in [0.5, 0.6) is 11.5 Å². The minimum Gasteiger partial charge on any atom is -0.500 e. The van der Waals surface area contributed by atoms with Gasteiger partial charge in [0.2, 0.25) is 5.75 Å². The lowest BCUT2D eigenvalue weighted by atomic mass is 10.1. The number of phenolic OH excluding ortho intramolecular Hbond substituents is 1. The van der Waals surface area contributed by atoms with E-state index in [0.29, 0.717) is 5.02 Å². The van der Waals surface area contributed by atoms with Crippen LogP contribution in [0.4, 0.5) is 11.4 Å². The molecule has 8 nitrogen and oxygen atoms in total. The highest BCUT2D eigenvalue weighted by Gasteiger charge is 2.20. The van der Waals surface area contributed by atoms with E-state index in [9.17, 15) is 25.3 Å². The molecule has 2 N–H and O–H groups in total. The number of carbonyl (C=O) groups excluding carboxylic acids is 1. The summed E-state index contributed by atoms with van der Waals surface area (Å²) in [5, 5.41) is 33.1. The number of ether oxygens (including phenoxy) is 1. The number of nitrogens with one attached hydrogen (secondary N) is 1. The van der Waals surface area contributed by atoms with Crippen LogP contribution in [0.2, 0.25) is 10.0 Å². The van der Waals surface area contributed by atoms with E-state index in [4.69, 9.17) is 27.9 Å². The van der Waals surface area contributed by atoms with Crippen molar-refractivity contribution in [2.45, 2.75) is 0 Å². The number of phenols is 1. The number of halogens is 2. The molecule has 2 aromatic carbocycles. The number of methoxy groups -OCH3 is 1. The minimum atomic E-state index is -0.812. The number of nitrogens with zero attached hydrogens (tertiary/aromatic N) is 2. The van der Waals surface area contributed by atoms with Gasteiger partial charge in [-0.2, -0.15) is 5.26 Å². The third kappa shape index (κ3) is 4.67. The fourth-order valence-electron chi connectivity index (χ4n) is 2.09. The molecule has 1 amide bonds. The minimum absolute atomic E-state index is 0.111. The maximum Gasteiger partial charge on any atom is 0.315 e. The van der Waals surface area contributed by atoms with Gasteiger partial charge in [-0.25, -0.2) is 0 Å². The summed E-state index contributed by atoms with van der Waals surface area (Å²) in [6.07, 6.45) is 1.11. The maximum absolute atomic E-state index is 12.3. The zero-order chi connectivity index (χ0) is 20.1. The van der Waals surface area contributed by atoms with Crippen LogP contribution in [0.1, 0.15) is 5.56 Å². The number of benzene rings is 2. The Morgan fingerprint density at radius 1 is 1.37 bits per heavy atom. The van der Waals surface area contributed by atoms with E-state index in [0.717, 1.165) is 12.1 Å². The van der Waals surface area contributed by atoms with E-state index in [-0.39, 0.29) is 27.6 Å². The first-order chi connectivity index (χ1) is 12.8. The quantitative estimate of drug-likeness (QED) is 0.331. The summed E-state index contributed by atoms with van der Waals surface area (Å²) in [5.41, 5.74) is -0.672. The highest BCUT2D eigenvalue weighted by molar-refractivity contribution is 6.36. The van der Waals surface area contributed by atoms with Gasteiger partial charge in [-0.1, -0.05) is 23.2 Å². The van der Waals surface area contributed by atoms with Gasteiger partial charge < -0.3 is 15.2 Å². The Morgan fingerprint density at radius 3 is 2.67 bits per heavy atom. The second kappa shape index (κ2) is 8.40. The molecule has 2 aromatic rings. The number of hydrogen-bond donors (Lipinski definition) is 2. The van der Waals surface area contributed by atoms with Crippen molar-refractivity contribution in [3.63, 3.8) is 0 Å². The van der Waals surface area contributed by atoms with Crippen molar-refractivity contribution in [3.05, 3.63) is 61.6 Å². The van der Waals surface area contributed by atoms with E-state index in [1.54, 1.807) is 6.07 Å². The number of aromatic hydroxyl groups is 1. The fraction of sp³-hybridized carbons (Fsp3) is 0.0588. The van der Waals surface area contributed by atoms with Gasteiger partial charge in [0.25, 0.3) is 5.91 Å². The van der Waals surface area contributed by atoms with E-state index in [2.05, 4.69) is 5.32 Å². The van der Waals surface area contributed by atoms with Crippen LogP contribution in [-0.4, -0.2) is 23.0 Å². The molecule has 0 aliphatic rings. The van der Waals surface area contributed by atoms with Gasteiger partial charge in [-0.3, -0.25) is 14.9 Å². The van der Waals surface area contributed by atoms with E-state index >= 15 is 0 Å². The Balaban J connectivity index is 2.42. The second-order valence-corrected chi connectivity index (χ2v) is 5.94. The van der Waals surface area contributed by atoms with Gasteiger partial charge in [0, 0.05) is 11.1 Å². The van der Waals surface area contributed by atoms with Crippen molar-refractivity contribution in [1.82, 2.24) is 0 Å². The third-order valence-electron chi connectivity index (χ3n) is 3.35. The summed E-state index contributed by atoms with van der Waals surface area (Å²) < 4.78 is 4.88. The second-order valence-electron chi connectivity index (χ2n) is 5.10. The Hall–Kier alpha value is -3.28. The third-order valence-corrected chi connectivity index (χ3v) is 3.91. The van der Waals surface area contributed by atoms with Gasteiger partial charge >= 0.3 is 5.69 Å². The first-order valence-corrected chi connectivity index (χ1v) is 7.96. The van der Waals surface area contributed by atoms with Gasteiger partial charge in [0.15, 0.2) is 5.75 Å². The predicted octanol–water partition coefficient (Wildman–Crippen LogP) is 4.16. The van der Waals surface area contributed by atoms with Crippen LogP contribution < -0.4 is 10.1 Å². The van der Waals surface area contributed by atoms with E-state index < -0.39 is 22.3 Å². The molecule has 0 aliphatic heterocycles. The molecule has 27 heavy (non-hydrogen) atoms. The largest absolute Gasteiger partial charge is 0.500 e. The van der Waals surface area contributed by atoms with Crippen molar-refractivity contribution < 1.29 is 19.6 Å². The molecule has 0 radical (unpaired) electrons. The van der Waals surface area contributed by atoms with Crippen molar-refractivity contribution in [1.29, 1.82) is 5.26 Å². The van der Waals surface area contributed by atoms with E-state index in [1.807, 2.05) is 0 Å². The molecule has 0 saturated carbocycles. The van der Waals surface area contributed by atoms with E-state index in [1.165, 1.54) is 31.4 Å². The lowest BCUT2D eigenvalue weighted by Gasteiger charge is -2.08. The number of amides is 1. The number of nitriles is 1. The van der Waals surface area contributed by atoms with Crippen LogP contribution in [0.25, 0.3) is 6.08 Å². The molecule has 0 spiro atoms. The van der Waals surface area contributed by atoms with Gasteiger partial charge in [-0.15, -0.1) is 0 Å². The first kappa shape index (κ1) is 20.0. The molecule has 2 rings (SSSR count). The smallest absolute Gasteiger partial charge is 0.315 e. The fourth-order valence-corrected chi connectivity index (χ4v) is 2.43. The average Bonchev–Trinajstić information content (AvgIpc) is 2.63. The summed E-state index contributed by atoms with van der Waals surface area (Å²) >= 11 is 11.8.